The van der Waals surface area contributed by atoms with E-state index < -0.39 is 11.8 Å². The van der Waals surface area contributed by atoms with E-state index in [0.29, 0.717) is 6.54 Å². The number of halogens is 1. The van der Waals surface area contributed by atoms with Gasteiger partial charge in [-0.2, -0.15) is 0 Å². The summed E-state index contributed by atoms with van der Waals surface area (Å²) in [6.45, 7) is 1.48. The minimum atomic E-state index is -1.20. The summed E-state index contributed by atoms with van der Waals surface area (Å²) in [5, 5.41) is 14.3. The van der Waals surface area contributed by atoms with E-state index in [2.05, 4.69) is 10.6 Å². The number of amides is 1. The number of nitrogens with one attached hydrogen (secondary N) is 2. The molecular weight excluding hydrogens is 251 g/mol. The van der Waals surface area contributed by atoms with Crippen molar-refractivity contribution in [3.63, 3.8) is 0 Å². The first-order valence-electron chi connectivity index (χ1n) is 6.12. The highest BCUT2D eigenvalue weighted by molar-refractivity contribution is 5.94. The number of carbonyl (C=O) groups excluding carboxylic acids is 1. The van der Waals surface area contributed by atoms with E-state index in [1.54, 1.807) is 0 Å². The van der Waals surface area contributed by atoms with Gasteiger partial charge in [0.2, 0.25) is 5.91 Å². The van der Waals surface area contributed by atoms with Crippen LogP contribution in [0.1, 0.15) is 23.2 Å². The molecule has 19 heavy (non-hydrogen) atoms. The zero-order valence-corrected chi connectivity index (χ0v) is 10.3. The fourth-order valence-corrected chi connectivity index (χ4v) is 2.06. The van der Waals surface area contributed by atoms with Crippen molar-refractivity contribution in [2.45, 2.75) is 12.8 Å². The highest BCUT2D eigenvalue weighted by atomic mass is 19.1. The number of piperidine rings is 1. The van der Waals surface area contributed by atoms with Crippen molar-refractivity contribution in [1.82, 2.24) is 5.32 Å². The van der Waals surface area contributed by atoms with Gasteiger partial charge in [0.25, 0.3) is 0 Å². The Balaban J connectivity index is 2.06. The summed E-state index contributed by atoms with van der Waals surface area (Å²) in [5.41, 5.74) is -0.129. The number of carbonyl (C=O) groups is 2. The summed E-state index contributed by atoms with van der Waals surface area (Å²) in [4.78, 5) is 22.6. The van der Waals surface area contributed by atoms with E-state index in [1.165, 1.54) is 12.1 Å². The van der Waals surface area contributed by atoms with E-state index in [9.17, 15) is 14.0 Å². The maximum atomic E-state index is 13.6. The van der Waals surface area contributed by atoms with Crippen molar-refractivity contribution >= 4 is 17.6 Å². The van der Waals surface area contributed by atoms with Gasteiger partial charge in [-0.1, -0.05) is 0 Å². The Morgan fingerprint density at radius 3 is 2.79 bits per heavy atom. The molecule has 1 aliphatic rings. The van der Waals surface area contributed by atoms with Gasteiger partial charge in [-0.3, -0.25) is 4.79 Å². The molecule has 1 heterocycles. The van der Waals surface area contributed by atoms with Crippen molar-refractivity contribution in [1.29, 1.82) is 0 Å². The maximum Gasteiger partial charge on any atom is 0.335 e. The molecular formula is C13H15FN2O3. The summed E-state index contributed by atoms with van der Waals surface area (Å²) in [7, 11) is 0. The fourth-order valence-electron chi connectivity index (χ4n) is 2.06. The summed E-state index contributed by atoms with van der Waals surface area (Å²) < 4.78 is 13.6. The average Bonchev–Trinajstić information content (AvgIpc) is 2.41. The maximum absolute atomic E-state index is 13.6. The van der Waals surface area contributed by atoms with Gasteiger partial charge in [-0.25, -0.2) is 9.18 Å². The van der Waals surface area contributed by atoms with Gasteiger partial charge < -0.3 is 15.7 Å². The zero-order valence-electron chi connectivity index (χ0n) is 10.3. The molecule has 1 amide bonds. The normalized spacial score (nSPS) is 18.9. The Morgan fingerprint density at radius 2 is 2.21 bits per heavy atom. The lowest BCUT2D eigenvalue weighted by Crippen LogP contribution is -2.37. The largest absolute Gasteiger partial charge is 0.478 e. The third-order valence-electron chi connectivity index (χ3n) is 3.14. The average molecular weight is 266 g/mol. The van der Waals surface area contributed by atoms with Crippen molar-refractivity contribution in [2.24, 2.45) is 5.92 Å². The van der Waals surface area contributed by atoms with Crippen molar-refractivity contribution in [3.8, 4) is 0 Å². The van der Waals surface area contributed by atoms with Crippen molar-refractivity contribution in [2.75, 3.05) is 18.4 Å². The lowest BCUT2D eigenvalue weighted by Gasteiger charge is -2.22. The van der Waals surface area contributed by atoms with Crippen molar-refractivity contribution < 1.29 is 19.1 Å². The molecule has 1 aliphatic heterocycles. The number of aromatic carboxylic acids is 1. The molecule has 1 unspecified atom stereocenters. The Morgan fingerprint density at radius 1 is 1.42 bits per heavy atom. The van der Waals surface area contributed by atoms with Crippen LogP contribution in [0.5, 0.6) is 0 Å². The van der Waals surface area contributed by atoms with Crippen molar-refractivity contribution in [3.05, 3.63) is 29.6 Å². The number of benzene rings is 1. The summed E-state index contributed by atoms with van der Waals surface area (Å²) in [6, 6.07) is 3.43. The Kier molecular flexibility index (Phi) is 4.11. The number of rotatable bonds is 3. The van der Waals surface area contributed by atoms with Gasteiger partial charge >= 0.3 is 5.97 Å². The smallest absolute Gasteiger partial charge is 0.335 e. The SMILES string of the molecule is O=C(O)c1ccc(NC(=O)C2CCCNC2)c(F)c1. The van der Waals surface area contributed by atoms with E-state index in [4.69, 9.17) is 5.11 Å². The molecule has 0 radical (unpaired) electrons. The van der Waals surface area contributed by atoms with Crippen LogP contribution >= 0.6 is 0 Å². The Bertz CT molecular complexity index is 499. The molecule has 102 valence electrons. The first kappa shape index (κ1) is 13.5. The van der Waals surface area contributed by atoms with Crippen LogP contribution < -0.4 is 10.6 Å². The Hall–Kier alpha value is -1.95. The van der Waals surface area contributed by atoms with Crippen LogP contribution in [0.15, 0.2) is 18.2 Å². The number of hydrogen-bond donors (Lipinski definition) is 3. The molecule has 6 heteroatoms. The van der Waals surface area contributed by atoms with E-state index in [1.807, 2.05) is 0 Å². The van der Waals surface area contributed by atoms with Crippen LogP contribution in [0.2, 0.25) is 0 Å². The van der Waals surface area contributed by atoms with Gasteiger partial charge in [-0.05, 0) is 37.6 Å². The standard InChI is InChI=1S/C13H15FN2O3/c14-10-6-8(13(18)19)3-4-11(10)16-12(17)9-2-1-5-15-7-9/h3-4,6,9,15H,1-2,5,7H2,(H,16,17)(H,18,19). The summed E-state index contributed by atoms with van der Waals surface area (Å²) >= 11 is 0. The number of hydrogen-bond acceptors (Lipinski definition) is 3. The first-order valence-corrected chi connectivity index (χ1v) is 6.12. The second-order valence-electron chi connectivity index (χ2n) is 4.53. The summed E-state index contributed by atoms with van der Waals surface area (Å²) in [5.74, 6) is -2.35. The van der Waals surface area contributed by atoms with Gasteiger partial charge in [-0.15, -0.1) is 0 Å². The van der Waals surface area contributed by atoms with Crippen LogP contribution in [0.3, 0.4) is 0 Å². The molecule has 0 bridgehead atoms. The second kappa shape index (κ2) is 5.79. The van der Waals surface area contributed by atoms with E-state index in [0.717, 1.165) is 25.5 Å². The molecule has 0 aromatic heterocycles. The van der Waals surface area contributed by atoms with E-state index >= 15 is 0 Å². The van der Waals surface area contributed by atoms with Crippen LogP contribution in [0.25, 0.3) is 0 Å². The van der Waals surface area contributed by atoms with Crippen LogP contribution in [-0.4, -0.2) is 30.1 Å². The highest BCUT2D eigenvalue weighted by Gasteiger charge is 2.21. The lowest BCUT2D eigenvalue weighted by atomic mass is 9.99. The minimum absolute atomic E-state index is 0.0144. The predicted octanol–water partition coefficient (Wildman–Crippen LogP) is 1.46. The van der Waals surface area contributed by atoms with Gasteiger partial charge in [0.05, 0.1) is 17.2 Å². The lowest BCUT2D eigenvalue weighted by molar-refractivity contribution is -0.120. The quantitative estimate of drug-likeness (QED) is 0.774. The van der Waals surface area contributed by atoms with Crippen LogP contribution in [-0.2, 0) is 4.79 Å². The molecule has 2 rings (SSSR count). The number of carboxylic acids is 1. The number of anilines is 1. The molecule has 5 nitrogen and oxygen atoms in total. The van der Waals surface area contributed by atoms with Crippen LogP contribution in [0, 0.1) is 11.7 Å². The van der Waals surface area contributed by atoms with Crippen LogP contribution in [0.4, 0.5) is 10.1 Å². The Labute approximate surface area is 109 Å². The topological polar surface area (TPSA) is 78.4 Å². The van der Waals surface area contributed by atoms with Gasteiger partial charge in [0.15, 0.2) is 0 Å². The number of carboxylic acid groups (broad SMARTS) is 1. The third-order valence-corrected chi connectivity index (χ3v) is 3.14. The molecule has 1 fully saturated rings. The zero-order chi connectivity index (χ0) is 13.8. The molecule has 0 aliphatic carbocycles. The molecule has 3 N–H and O–H groups in total. The van der Waals surface area contributed by atoms with E-state index in [-0.39, 0.29) is 23.1 Å². The molecule has 1 atom stereocenters. The summed E-state index contributed by atoms with van der Waals surface area (Å²) in [6.07, 6.45) is 1.69. The fraction of sp³-hybridized carbons (Fsp3) is 0.385. The first-order chi connectivity index (χ1) is 9.08. The highest BCUT2D eigenvalue weighted by Crippen LogP contribution is 2.18. The molecule has 1 saturated heterocycles. The van der Waals surface area contributed by atoms with Gasteiger partial charge in [0.1, 0.15) is 5.82 Å². The van der Waals surface area contributed by atoms with Gasteiger partial charge in [0, 0.05) is 6.54 Å². The third kappa shape index (κ3) is 3.29. The monoisotopic (exact) mass is 266 g/mol. The molecule has 1 aromatic carbocycles. The predicted molar refractivity (Wildman–Crippen MR) is 67.6 cm³/mol. The molecule has 1 aromatic rings. The minimum Gasteiger partial charge on any atom is -0.478 e. The second-order valence-corrected chi connectivity index (χ2v) is 4.53. The molecule has 0 saturated carbocycles. The molecule has 0 spiro atoms.